The van der Waals surface area contributed by atoms with Crippen LogP contribution in [0.4, 0.5) is 11.8 Å². The Morgan fingerprint density at radius 1 is 1.02 bits per heavy atom. The number of aromatic nitrogens is 8. The minimum atomic E-state index is -4.87. The van der Waals surface area contributed by atoms with Crippen molar-refractivity contribution in [2.45, 2.75) is 49.7 Å². The summed E-state index contributed by atoms with van der Waals surface area (Å²) in [4.78, 5) is 66.8. The van der Waals surface area contributed by atoms with Crippen molar-refractivity contribution in [3.63, 3.8) is 0 Å². The van der Waals surface area contributed by atoms with Gasteiger partial charge in [0.05, 0.1) is 38.0 Å². The van der Waals surface area contributed by atoms with Gasteiger partial charge in [-0.2, -0.15) is 4.98 Å². The molecule has 2 aliphatic rings. The van der Waals surface area contributed by atoms with Crippen molar-refractivity contribution in [1.29, 1.82) is 0 Å². The first kappa shape index (κ1) is 32.5. The standard InChI is InChI=1S/C24H32N10O10P2/c25-20-15-21(28-7-27-20)34(8-29-15)14-4-11(5-42-45-39)19(18(14)37)44-46(40,41)43-6-10-3-13(12(1-2-35)17(10)36)33-9-30-16-22(33)31-24(26)32-23(16)38/h2,7-14,17-19,36-37,39,45H,1,3-6H2,(H,40,41)(H2,25,27,28)(H3,26,31,32,38)/t10-,11-,12+,13-,14-,17-,18+,19-/m1/s1. The Morgan fingerprint density at radius 3 is 2.48 bits per heavy atom. The van der Waals surface area contributed by atoms with Gasteiger partial charge in [-0.25, -0.2) is 24.5 Å². The molecule has 4 aromatic rings. The van der Waals surface area contributed by atoms with Crippen LogP contribution in [0.3, 0.4) is 0 Å². The van der Waals surface area contributed by atoms with Crippen LogP contribution in [0.15, 0.2) is 23.8 Å². The quantitative estimate of drug-likeness (QED) is 0.0710. The van der Waals surface area contributed by atoms with Crippen LogP contribution in [-0.2, 0) is 22.9 Å². The number of hydrogen-bond acceptors (Lipinski definition) is 16. The van der Waals surface area contributed by atoms with E-state index in [9.17, 15) is 34.2 Å². The van der Waals surface area contributed by atoms with Crippen LogP contribution in [0.25, 0.3) is 22.3 Å². The number of phosphoric ester groups is 1. The van der Waals surface area contributed by atoms with Crippen LogP contribution in [0.5, 0.6) is 0 Å². The maximum Gasteiger partial charge on any atom is 0.472 e. The summed E-state index contributed by atoms with van der Waals surface area (Å²) in [5, 5.41) is 22.4. The number of aromatic amines is 1. The van der Waals surface area contributed by atoms with Crippen molar-refractivity contribution in [3.05, 3.63) is 29.3 Å². The smallest absolute Gasteiger partial charge is 0.392 e. The molecule has 2 fully saturated rings. The Hall–Kier alpha value is -3.45. The van der Waals surface area contributed by atoms with Crippen LogP contribution in [0.1, 0.15) is 31.3 Å². The molecule has 2 aliphatic carbocycles. The lowest BCUT2D eigenvalue weighted by Crippen LogP contribution is -2.33. The number of anilines is 2. The predicted octanol–water partition coefficient (Wildman–Crippen LogP) is -0.808. The maximum absolute atomic E-state index is 13.3. The number of rotatable bonds is 12. The highest BCUT2D eigenvalue weighted by molar-refractivity contribution is 7.47. The van der Waals surface area contributed by atoms with Gasteiger partial charge in [0.1, 0.15) is 30.3 Å². The number of aliphatic hydroxyl groups is 2. The third-order valence-electron chi connectivity index (χ3n) is 8.69. The molecule has 0 amide bonds. The van der Waals surface area contributed by atoms with E-state index in [1.54, 1.807) is 9.13 Å². The van der Waals surface area contributed by atoms with Crippen molar-refractivity contribution in [2.24, 2.45) is 17.8 Å². The second-order valence-corrected chi connectivity index (χ2v) is 13.1. The fraction of sp³-hybridized carbons (Fsp3) is 0.542. The number of nitrogens with two attached hydrogens (primary N) is 2. The number of imidazole rings is 2. The van der Waals surface area contributed by atoms with Crippen molar-refractivity contribution in [3.8, 4) is 0 Å². The molecule has 10 atom stereocenters. The van der Waals surface area contributed by atoms with Gasteiger partial charge >= 0.3 is 7.82 Å². The highest BCUT2D eigenvalue weighted by Crippen LogP contribution is 2.52. The molecule has 0 aliphatic heterocycles. The van der Waals surface area contributed by atoms with E-state index in [1.165, 1.54) is 19.0 Å². The number of carbonyl (C=O) groups is 1. The Balaban J connectivity index is 1.18. The van der Waals surface area contributed by atoms with Crippen LogP contribution in [0, 0.1) is 17.8 Å². The van der Waals surface area contributed by atoms with Gasteiger partial charge in [0, 0.05) is 30.2 Å². The molecule has 2 unspecified atom stereocenters. The number of hydrogen-bond donors (Lipinski definition) is 7. The Bertz CT molecular complexity index is 1840. The monoisotopic (exact) mass is 682 g/mol. The van der Waals surface area contributed by atoms with Gasteiger partial charge in [0.15, 0.2) is 31.7 Å². The summed E-state index contributed by atoms with van der Waals surface area (Å²) in [5.74, 6) is -2.06. The third kappa shape index (κ3) is 6.03. The molecular formula is C24H32N10O10P2. The average molecular weight is 683 g/mol. The van der Waals surface area contributed by atoms with Crippen LogP contribution in [-0.4, -0.2) is 96.8 Å². The normalized spacial score (nSPS) is 29.7. The Labute approximate surface area is 260 Å². The van der Waals surface area contributed by atoms with E-state index < -0.39 is 77.2 Å². The Kier molecular flexibility index (Phi) is 9.17. The van der Waals surface area contributed by atoms with Gasteiger partial charge in [-0.05, 0) is 12.8 Å². The van der Waals surface area contributed by atoms with Crippen molar-refractivity contribution in [2.75, 3.05) is 24.7 Å². The van der Waals surface area contributed by atoms with Crippen LogP contribution >= 0.6 is 16.9 Å². The first-order valence-corrected chi connectivity index (χ1v) is 16.5. The molecule has 248 valence electrons. The van der Waals surface area contributed by atoms with Gasteiger partial charge < -0.3 is 49.9 Å². The number of nitrogens with zero attached hydrogens (tertiary/aromatic N) is 7. The highest BCUT2D eigenvalue weighted by Gasteiger charge is 2.49. The third-order valence-corrected chi connectivity index (χ3v) is 9.97. The molecule has 9 N–H and O–H groups in total. The maximum atomic E-state index is 13.3. The van der Waals surface area contributed by atoms with E-state index in [4.69, 9.17) is 25.0 Å². The first-order chi connectivity index (χ1) is 22.0. The summed E-state index contributed by atoms with van der Waals surface area (Å²) in [5.41, 5.74) is 11.9. The average Bonchev–Trinajstić information content (AvgIpc) is 3.77. The molecule has 20 nitrogen and oxygen atoms in total. The molecule has 6 rings (SSSR count). The number of aldehydes is 1. The number of carbonyl (C=O) groups excluding carboxylic acids is 1. The summed E-state index contributed by atoms with van der Waals surface area (Å²) >= 11 is 0. The molecule has 0 radical (unpaired) electrons. The lowest BCUT2D eigenvalue weighted by atomic mass is 9.97. The van der Waals surface area contributed by atoms with Crippen molar-refractivity contribution in [1.82, 2.24) is 39.0 Å². The number of nitrogen functional groups attached to an aromatic ring is 2. The van der Waals surface area contributed by atoms with Gasteiger partial charge in [0.25, 0.3) is 5.56 Å². The van der Waals surface area contributed by atoms with E-state index in [0.29, 0.717) is 17.5 Å². The van der Waals surface area contributed by atoms with Gasteiger partial charge in [-0.1, -0.05) is 0 Å². The second kappa shape index (κ2) is 13.0. The molecule has 22 heteroatoms. The van der Waals surface area contributed by atoms with E-state index in [1.807, 2.05) is 0 Å². The number of fused-ring (bicyclic) bond motifs is 2. The highest BCUT2D eigenvalue weighted by atomic mass is 31.2. The second-order valence-electron chi connectivity index (χ2n) is 11.3. The van der Waals surface area contributed by atoms with Crippen LogP contribution < -0.4 is 17.0 Å². The molecule has 4 aromatic heterocycles. The van der Waals surface area contributed by atoms with Crippen molar-refractivity contribution < 1.29 is 42.9 Å². The first-order valence-electron chi connectivity index (χ1n) is 14.1. The van der Waals surface area contributed by atoms with E-state index in [-0.39, 0.29) is 48.8 Å². The zero-order chi connectivity index (χ0) is 32.7. The molecule has 0 spiro atoms. The number of aliphatic hydroxyl groups excluding tert-OH is 2. The predicted molar refractivity (Wildman–Crippen MR) is 160 cm³/mol. The summed E-state index contributed by atoms with van der Waals surface area (Å²) in [6.45, 7) is -0.551. The minimum absolute atomic E-state index is 0.0230. The van der Waals surface area contributed by atoms with Gasteiger partial charge in [0.2, 0.25) is 5.95 Å². The Morgan fingerprint density at radius 2 is 1.74 bits per heavy atom. The zero-order valence-electron chi connectivity index (χ0n) is 23.9. The van der Waals surface area contributed by atoms with Crippen LogP contribution in [0.2, 0.25) is 0 Å². The van der Waals surface area contributed by atoms with E-state index in [2.05, 4.69) is 29.9 Å². The minimum Gasteiger partial charge on any atom is -0.392 e. The van der Waals surface area contributed by atoms with Gasteiger partial charge in [-0.15, -0.1) is 0 Å². The molecule has 0 saturated heterocycles. The molecule has 4 heterocycles. The van der Waals surface area contributed by atoms with Crippen molar-refractivity contribution >= 4 is 57.2 Å². The largest absolute Gasteiger partial charge is 0.472 e. The SMILES string of the molecule is Nc1nc2c(ncn2[C@@H]2C[C@H](COP(=O)(O)O[C@@H]3[C@@H](COPO)C[C@@H](n4cnc5c(N)ncnc54)[C@@H]3O)[C@@H](O)[C@H]2CC=O)c(=O)[nH]1. The lowest BCUT2D eigenvalue weighted by Gasteiger charge is -2.26. The fourth-order valence-corrected chi connectivity index (χ4v) is 7.92. The summed E-state index contributed by atoms with van der Waals surface area (Å²) in [6, 6.07) is -1.30. The fourth-order valence-electron chi connectivity index (χ4n) is 6.58. The molecule has 0 bridgehead atoms. The molecule has 46 heavy (non-hydrogen) atoms. The summed E-state index contributed by atoms with van der Waals surface area (Å²) < 4.78 is 32.4. The number of H-pyrrole nitrogens is 1. The molecule has 2 saturated carbocycles. The lowest BCUT2D eigenvalue weighted by molar-refractivity contribution is -0.109. The molecule has 0 aromatic carbocycles. The van der Waals surface area contributed by atoms with E-state index >= 15 is 0 Å². The molecular weight excluding hydrogens is 650 g/mol. The topological polar surface area (TPSA) is 302 Å². The number of phosphoric acid groups is 1. The van der Waals surface area contributed by atoms with E-state index in [0.717, 1.165) is 0 Å². The zero-order valence-corrected chi connectivity index (χ0v) is 25.8. The van der Waals surface area contributed by atoms with Gasteiger partial charge in [-0.3, -0.25) is 18.8 Å². The number of nitrogens with one attached hydrogen (secondary N) is 1. The summed E-state index contributed by atoms with van der Waals surface area (Å²) in [7, 11) is -5.74. The summed E-state index contributed by atoms with van der Waals surface area (Å²) in [6.07, 6.45) is 1.20.